The molecule has 1 aliphatic rings. The second kappa shape index (κ2) is 6.79. The van der Waals surface area contributed by atoms with Gasteiger partial charge in [-0.25, -0.2) is 4.98 Å². The molecule has 0 bridgehead atoms. The first-order valence-corrected chi connectivity index (χ1v) is 9.32. The summed E-state index contributed by atoms with van der Waals surface area (Å²) in [5, 5.41) is 12.6. The Morgan fingerprint density at radius 1 is 1.40 bits per heavy atom. The van der Waals surface area contributed by atoms with Crippen LogP contribution in [0.15, 0.2) is 35.5 Å². The molecule has 4 heterocycles. The lowest BCUT2D eigenvalue weighted by molar-refractivity contribution is 0.0704. The van der Waals surface area contributed by atoms with Gasteiger partial charge >= 0.3 is 0 Å². The molecule has 1 amide bonds. The van der Waals surface area contributed by atoms with Crippen molar-refractivity contribution in [1.82, 2.24) is 29.2 Å². The number of carbonyl (C=O) groups excluding carboxylic acids is 1. The molecule has 1 atom stereocenters. The van der Waals surface area contributed by atoms with Crippen molar-refractivity contribution in [2.75, 3.05) is 13.1 Å². The van der Waals surface area contributed by atoms with Crippen LogP contribution in [0.1, 0.15) is 40.8 Å². The van der Waals surface area contributed by atoms with Gasteiger partial charge < -0.3 is 14.0 Å². The van der Waals surface area contributed by atoms with Crippen LogP contribution in [0.3, 0.4) is 0 Å². The molecule has 0 spiro atoms. The Bertz CT molecular complexity index is 839. The van der Waals surface area contributed by atoms with Gasteiger partial charge in [-0.15, -0.1) is 10.2 Å². The first-order chi connectivity index (χ1) is 12.2. The van der Waals surface area contributed by atoms with E-state index in [1.165, 1.54) is 0 Å². The Kier molecular flexibility index (Phi) is 4.35. The third-order valence-corrected chi connectivity index (χ3v) is 5.41. The highest BCUT2D eigenvalue weighted by atomic mass is 32.1. The molecular formula is C17H20N6OS. The largest absolute Gasteiger partial charge is 0.338 e. The zero-order valence-corrected chi connectivity index (χ0v) is 14.9. The van der Waals surface area contributed by atoms with Crippen molar-refractivity contribution in [3.63, 3.8) is 0 Å². The monoisotopic (exact) mass is 356 g/mol. The normalized spacial score (nSPS) is 17.8. The van der Waals surface area contributed by atoms with E-state index in [2.05, 4.69) is 19.7 Å². The van der Waals surface area contributed by atoms with Gasteiger partial charge in [0.15, 0.2) is 5.82 Å². The highest BCUT2D eigenvalue weighted by Gasteiger charge is 2.29. The summed E-state index contributed by atoms with van der Waals surface area (Å²) in [4.78, 5) is 18.6. The van der Waals surface area contributed by atoms with Gasteiger partial charge in [0, 0.05) is 43.8 Å². The third-order valence-electron chi connectivity index (χ3n) is 4.72. The molecule has 1 unspecified atom stereocenters. The second-order valence-corrected chi connectivity index (χ2v) is 7.15. The van der Waals surface area contributed by atoms with Crippen molar-refractivity contribution in [3.05, 3.63) is 52.8 Å². The van der Waals surface area contributed by atoms with Gasteiger partial charge in [0.05, 0.1) is 18.4 Å². The average molecular weight is 356 g/mol. The smallest absolute Gasteiger partial charge is 0.254 e. The van der Waals surface area contributed by atoms with Crippen LogP contribution in [0, 0.1) is 0 Å². The number of imidazole rings is 1. The highest BCUT2D eigenvalue weighted by Crippen LogP contribution is 2.27. The maximum atomic E-state index is 12.6. The summed E-state index contributed by atoms with van der Waals surface area (Å²) >= 11 is 1.56. The van der Waals surface area contributed by atoms with Crippen LogP contribution >= 0.6 is 11.3 Å². The minimum absolute atomic E-state index is 0.117. The molecule has 0 aliphatic carbocycles. The summed E-state index contributed by atoms with van der Waals surface area (Å²) in [6.45, 7) is 2.16. The fourth-order valence-corrected chi connectivity index (χ4v) is 3.98. The number of rotatable bonds is 4. The zero-order chi connectivity index (χ0) is 17.2. The molecular weight excluding hydrogens is 336 g/mol. The molecule has 1 saturated heterocycles. The van der Waals surface area contributed by atoms with Crippen LogP contribution in [0.2, 0.25) is 0 Å². The minimum atomic E-state index is 0.117. The third kappa shape index (κ3) is 3.21. The predicted molar refractivity (Wildman–Crippen MR) is 94.5 cm³/mol. The Hall–Kier alpha value is -2.48. The van der Waals surface area contributed by atoms with Gasteiger partial charge in [-0.05, 0) is 24.3 Å². The first kappa shape index (κ1) is 16.0. The van der Waals surface area contributed by atoms with E-state index in [4.69, 9.17) is 0 Å². The SMILES string of the molecule is Cn1c(Cn2ccnc2)nnc1C1CCCN(C(=O)c2ccsc2)C1. The standard InChI is InChI=1S/C17H20N6OS/c1-21-15(10-22-7-5-18-12-22)19-20-16(21)13-3-2-6-23(9-13)17(24)14-4-8-25-11-14/h4-5,7-8,11-13H,2-3,6,9-10H2,1H3. The molecule has 130 valence electrons. The highest BCUT2D eigenvalue weighted by molar-refractivity contribution is 7.08. The average Bonchev–Trinajstić information content (AvgIpc) is 3.38. The van der Waals surface area contributed by atoms with Crippen molar-refractivity contribution in [3.8, 4) is 0 Å². The quantitative estimate of drug-likeness (QED) is 0.718. The first-order valence-electron chi connectivity index (χ1n) is 8.37. The number of amides is 1. The van der Waals surface area contributed by atoms with Crippen molar-refractivity contribution in [2.24, 2.45) is 7.05 Å². The summed E-state index contributed by atoms with van der Waals surface area (Å²) in [6.07, 6.45) is 7.47. The number of nitrogens with zero attached hydrogens (tertiary/aromatic N) is 6. The number of piperidine rings is 1. The van der Waals surface area contributed by atoms with Crippen LogP contribution in [-0.2, 0) is 13.6 Å². The Labute approximate surface area is 149 Å². The van der Waals surface area contributed by atoms with E-state index in [-0.39, 0.29) is 11.8 Å². The van der Waals surface area contributed by atoms with Gasteiger partial charge in [-0.1, -0.05) is 0 Å². The molecule has 0 aromatic carbocycles. The van der Waals surface area contributed by atoms with Crippen molar-refractivity contribution < 1.29 is 4.79 Å². The van der Waals surface area contributed by atoms with Crippen molar-refractivity contribution >= 4 is 17.2 Å². The number of aromatic nitrogens is 5. The summed E-state index contributed by atoms with van der Waals surface area (Å²) in [5.74, 6) is 2.20. The molecule has 0 radical (unpaired) electrons. The van der Waals surface area contributed by atoms with Crippen molar-refractivity contribution in [2.45, 2.75) is 25.3 Å². The second-order valence-electron chi connectivity index (χ2n) is 6.37. The van der Waals surface area contributed by atoms with Gasteiger partial charge in [0.1, 0.15) is 5.82 Å². The van der Waals surface area contributed by atoms with Crippen LogP contribution in [0.25, 0.3) is 0 Å². The van der Waals surface area contributed by atoms with E-state index < -0.39 is 0 Å². The van der Waals surface area contributed by atoms with Crippen LogP contribution in [0.5, 0.6) is 0 Å². The number of likely N-dealkylation sites (tertiary alicyclic amines) is 1. The van der Waals surface area contributed by atoms with E-state index in [1.54, 1.807) is 23.9 Å². The molecule has 3 aromatic heterocycles. The summed E-state index contributed by atoms with van der Waals surface area (Å²) in [7, 11) is 2.00. The number of carbonyl (C=O) groups is 1. The van der Waals surface area contributed by atoms with Crippen LogP contribution in [-0.4, -0.2) is 48.2 Å². The molecule has 0 N–H and O–H groups in total. The van der Waals surface area contributed by atoms with Gasteiger partial charge in [-0.3, -0.25) is 4.79 Å². The minimum Gasteiger partial charge on any atom is -0.338 e. The Morgan fingerprint density at radius 2 is 2.32 bits per heavy atom. The number of thiophene rings is 1. The molecule has 0 saturated carbocycles. The molecule has 8 heteroatoms. The molecule has 3 aromatic rings. The molecule has 4 rings (SSSR count). The lowest BCUT2D eigenvalue weighted by Crippen LogP contribution is -2.39. The zero-order valence-electron chi connectivity index (χ0n) is 14.1. The van der Waals surface area contributed by atoms with E-state index in [1.807, 2.05) is 39.5 Å². The van der Waals surface area contributed by atoms with Gasteiger partial charge in [0.2, 0.25) is 0 Å². The summed E-state index contributed by atoms with van der Waals surface area (Å²) < 4.78 is 4.03. The molecule has 1 fully saturated rings. The number of hydrogen-bond acceptors (Lipinski definition) is 5. The van der Waals surface area contributed by atoms with Crippen LogP contribution < -0.4 is 0 Å². The Balaban J connectivity index is 1.50. The van der Waals surface area contributed by atoms with Gasteiger partial charge in [-0.2, -0.15) is 11.3 Å². The molecule has 25 heavy (non-hydrogen) atoms. The topological polar surface area (TPSA) is 68.8 Å². The van der Waals surface area contributed by atoms with Crippen LogP contribution in [0.4, 0.5) is 0 Å². The summed E-state index contributed by atoms with van der Waals surface area (Å²) in [5.41, 5.74) is 0.782. The summed E-state index contributed by atoms with van der Waals surface area (Å²) in [6, 6.07) is 1.89. The van der Waals surface area contributed by atoms with Gasteiger partial charge in [0.25, 0.3) is 5.91 Å². The maximum absolute atomic E-state index is 12.6. The maximum Gasteiger partial charge on any atom is 0.254 e. The molecule has 1 aliphatic heterocycles. The fraction of sp³-hybridized carbons (Fsp3) is 0.412. The van der Waals surface area contributed by atoms with E-state index in [0.717, 1.165) is 36.6 Å². The lowest BCUT2D eigenvalue weighted by Gasteiger charge is -2.32. The van der Waals surface area contributed by atoms with E-state index >= 15 is 0 Å². The van der Waals surface area contributed by atoms with Crippen molar-refractivity contribution in [1.29, 1.82) is 0 Å². The van der Waals surface area contributed by atoms with E-state index in [9.17, 15) is 4.79 Å². The van der Waals surface area contributed by atoms with E-state index in [0.29, 0.717) is 13.1 Å². The predicted octanol–water partition coefficient (Wildman–Crippen LogP) is 2.14. The lowest BCUT2D eigenvalue weighted by atomic mass is 9.96. The molecule has 7 nitrogen and oxygen atoms in total. The number of hydrogen-bond donors (Lipinski definition) is 0. The fourth-order valence-electron chi connectivity index (χ4n) is 3.35. The Morgan fingerprint density at radius 3 is 3.08 bits per heavy atom.